The highest BCUT2D eigenvalue weighted by molar-refractivity contribution is 5.83. The minimum Gasteiger partial charge on any atom is -0.347 e. The monoisotopic (exact) mass is 262 g/mol. The van der Waals surface area contributed by atoms with Crippen LogP contribution < -0.4 is 5.32 Å². The summed E-state index contributed by atoms with van der Waals surface area (Å²) in [7, 11) is 0. The smallest absolute Gasteiger partial charge is 0.240 e. The number of carbonyl (C=O) groups is 1. The number of amides is 1. The van der Waals surface area contributed by atoms with E-state index in [1.165, 1.54) is 12.8 Å². The molecule has 0 saturated heterocycles. The third-order valence-electron chi connectivity index (χ3n) is 4.05. The molecule has 0 spiro atoms. The van der Waals surface area contributed by atoms with E-state index in [4.69, 9.17) is 0 Å². The molecular weight excluding hydrogens is 240 g/mol. The molecular formula is C14H22N4O. The first-order valence-electron chi connectivity index (χ1n) is 7.34. The van der Waals surface area contributed by atoms with Crippen LogP contribution >= 0.6 is 0 Å². The highest BCUT2D eigenvalue weighted by Crippen LogP contribution is 2.28. The van der Waals surface area contributed by atoms with Gasteiger partial charge in [0.25, 0.3) is 0 Å². The van der Waals surface area contributed by atoms with Gasteiger partial charge in [-0.15, -0.1) is 0 Å². The summed E-state index contributed by atoms with van der Waals surface area (Å²) in [4.78, 5) is 22.2. The Balaban J connectivity index is 1.66. The molecule has 1 unspecified atom stereocenters. The van der Waals surface area contributed by atoms with Gasteiger partial charge in [0, 0.05) is 25.6 Å². The van der Waals surface area contributed by atoms with Crippen molar-refractivity contribution in [3.05, 3.63) is 17.7 Å². The van der Waals surface area contributed by atoms with Gasteiger partial charge in [0.2, 0.25) is 5.91 Å². The molecule has 1 amide bonds. The number of rotatable bonds is 5. The van der Waals surface area contributed by atoms with Crippen molar-refractivity contribution in [3.8, 4) is 0 Å². The van der Waals surface area contributed by atoms with Gasteiger partial charge in [-0.2, -0.15) is 0 Å². The first-order valence-corrected chi connectivity index (χ1v) is 7.34. The maximum atomic E-state index is 12.6. The molecule has 1 saturated carbocycles. The molecule has 1 fully saturated rings. The predicted octanol–water partition coefficient (Wildman–Crippen LogP) is 1.22. The number of hydrogen-bond donors (Lipinski definition) is 2. The van der Waals surface area contributed by atoms with E-state index in [-0.39, 0.29) is 11.9 Å². The number of fused-ring (bicyclic) bond motifs is 1. The fourth-order valence-corrected chi connectivity index (χ4v) is 2.73. The van der Waals surface area contributed by atoms with Crippen LogP contribution in [0, 0.1) is 0 Å². The molecule has 1 aromatic heterocycles. The number of carbonyl (C=O) groups excluding carboxylic acids is 1. The summed E-state index contributed by atoms with van der Waals surface area (Å²) in [6.07, 6.45) is 7.02. The van der Waals surface area contributed by atoms with Crippen molar-refractivity contribution < 1.29 is 4.79 Å². The zero-order valence-electron chi connectivity index (χ0n) is 11.5. The summed E-state index contributed by atoms with van der Waals surface area (Å²) in [5.41, 5.74) is 2.17. The van der Waals surface area contributed by atoms with Crippen molar-refractivity contribution in [1.29, 1.82) is 0 Å². The second-order valence-corrected chi connectivity index (χ2v) is 5.58. The molecule has 1 aliphatic carbocycles. The third-order valence-corrected chi connectivity index (χ3v) is 4.05. The number of unbranched alkanes of at least 4 members (excludes halogenated alkanes) is 1. The lowest BCUT2D eigenvalue weighted by Crippen LogP contribution is -2.50. The Morgan fingerprint density at radius 2 is 2.37 bits per heavy atom. The van der Waals surface area contributed by atoms with Crippen LogP contribution in [-0.2, 0) is 17.8 Å². The Morgan fingerprint density at radius 3 is 3.11 bits per heavy atom. The Morgan fingerprint density at radius 1 is 1.53 bits per heavy atom. The molecule has 1 aromatic rings. The average molecular weight is 262 g/mol. The third kappa shape index (κ3) is 2.66. The highest BCUT2D eigenvalue weighted by atomic mass is 16.2. The number of aromatic nitrogens is 2. The van der Waals surface area contributed by atoms with Gasteiger partial charge in [-0.05, 0) is 19.3 Å². The Labute approximate surface area is 113 Å². The van der Waals surface area contributed by atoms with Crippen molar-refractivity contribution >= 4 is 5.91 Å². The van der Waals surface area contributed by atoms with Gasteiger partial charge < -0.3 is 9.88 Å². The molecule has 1 aliphatic heterocycles. The van der Waals surface area contributed by atoms with Crippen LogP contribution in [0.4, 0.5) is 0 Å². The maximum Gasteiger partial charge on any atom is 0.240 e. The zero-order chi connectivity index (χ0) is 13.2. The molecule has 2 aliphatic rings. The van der Waals surface area contributed by atoms with Crippen molar-refractivity contribution in [2.45, 2.75) is 57.7 Å². The average Bonchev–Trinajstić information content (AvgIpc) is 3.15. The van der Waals surface area contributed by atoms with Gasteiger partial charge in [-0.25, -0.2) is 4.98 Å². The van der Waals surface area contributed by atoms with E-state index in [2.05, 4.69) is 27.1 Å². The number of H-pyrrole nitrogens is 1. The van der Waals surface area contributed by atoms with E-state index in [1.807, 2.05) is 0 Å². The fourth-order valence-electron chi connectivity index (χ4n) is 2.73. The van der Waals surface area contributed by atoms with E-state index in [1.54, 1.807) is 6.33 Å². The topological polar surface area (TPSA) is 61.0 Å². The Hall–Kier alpha value is -1.36. The van der Waals surface area contributed by atoms with E-state index >= 15 is 0 Å². The first-order chi connectivity index (χ1) is 9.29. The van der Waals surface area contributed by atoms with Crippen LogP contribution in [0.25, 0.3) is 0 Å². The fraction of sp³-hybridized carbons (Fsp3) is 0.714. The quantitative estimate of drug-likeness (QED) is 0.838. The number of aromatic amines is 1. The van der Waals surface area contributed by atoms with Crippen molar-refractivity contribution in [2.75, 3.05) is 6.54 Å². The van der Waals surface area contributed by atoms with Crippen LogP contribution in [0.3, 0.4) is 0 Å². The molecule has 1 atom stereocenters. The van der Waals surface area contributed by atoms with Crippen molar-refractivity contribution in [3.63, 3.8) is 0 Å². The lowest BCUT2D eigenvalue weighted by molar-refractivity contribution is -0.134. The van der Waals surface area contributed by atoms with Crippen LogP contribution in [-0.4, -0.2) is 39.4 Å². The zero-order valence-corrected chi connectivity index (χ0v) is 11.5. The SMILES string of the molecule is CCCCN(C(=O)C1Cc2nc[nH]c2CN1)C1CC1. The van der Waals surface area contributed by atoms with Gasteiger partial charge >= 0.3 is 0 Å². The minimum absolute atomic E-state index is 0.0896. The van der Waals surface area contributed by atoms with Crippen LogP contribution in [0.5, 0.6) is 0 Å². The molecule has 5 nitrogen and oxygen atoms in total. The van der Waals surface area contributed by atoms with E-state index < -0.39 is 0 Å². The summed E-state index contributed by atoms with van der Waals surface area (Å²) in [5.74, 6) is 0.268. The molecule has 104 valence electrons. The highest BCUT2D eigenvalue weighted by Gasteiger charge is 2.36. The first kappa shape index (κ1) is 12.7. The van der Waals surface area contributed by atoms with Crippen molar-refractivity contribution in [2.24, 2.45) is 0 Å². The molecule has 5 heteroatoms. The second kappa shape index (κ2) is 5.33. The van der Waals surface area contributed by atoms with E-state index in [9.17, 15) is 4.79 Å². The number of hydrogen-bond acceptors (Lipinski definition) is 3. The van der Waals surface area contributed by atoms with Crippen LogP contribution in [0.1, 0.15) is 44.0 Å². The predicted molar refractivity (Wildman–Crippen MR) is 72.6 cm³/mol. The van der Waals surface area contributed by atoms with Gasteiger partial charge in [-0.1, -0.05) is 13.3 Å². The number of nitrogens with zero attached hydrogens (tertiary/aromatic N) is 2. The van der Waals surface area contributed by atoms with Gasteiger partial charge in [0.1, 0.15) is 0 Å². The summed E-state index contributed by atoms with van der Waals surface area (Å²) in [6.45, 7) is 3.80. The number of imidazole rings is 1. The maximum absolute atomic E-state index is 12.6. The summed E-state index contributed by atoms with van der Waals surface area (Å²) < 4.78 is 0. The normalized spacial score (nSPS) is 22.1. The lowest BCUT2D eigenvalue weighted by Gasteiger charge is -2.29. The molecule has 3 rings (SSSR count). The molecule has 2 heterocycles. The lowest BCUT2D eigenvalue weighted by atomic mass is 10.0. The minimum atomic E-state index is -0.0896. The number of nitrogens with one attached hydrogen (secondary N) is 2. The Bertz CT molecular complexity index is 452. The standard InChI is InChI=1S/C14H22N4O/c1-2-3-6-18(10-4-5-10)14(19)12-7-11-13(8-15-12)17-9-16-11/h9-10,12,15H,2-8H2,1H3,(H,16,17). The Kier molecular flexibility index (Phi) is 3.55. The van der Waals surface area contributed by atoms with Crippen molar-refractivity contribution in [1.82, 2.24) is 20.2 Å². The molecule has 0 aromatic carbocycles. The molecule has 0 radical (unpaired) electrons. The van der Waals surface area contributed by atoms with Crippen LogP contribution in [0.15, 0.2) is 6.33 Å². The van der Waals surface area contributed by atoms with Crippen LogP contribution in [0.2, 0.25) is 0 Å². The summed E-state index contributed by atoms with van der Waals surface area (Å²) >= 11 is 0. The van der Waals surface area contributed by atoms with Gasteiger partial charge in [-0.3, -0.25) is 10.1 Å². The van der Waals surface area contributed by atoms with Gasteiger partial charge in [0.05, 0.1) is 23.8 Å². The largest absolute Gasteiger partial charge is 0.347 e. The summed E-state index contributed by atoms with van der Waals surface area (Å²) in [5, 5.41) is 3.34. The molecule has 0 bridgehead atoms. The second-order valence-electron chi connectivity index (χ2n) is 5.58. The van der Waals surface area contributed by atoms with Gasteiger partial charge in [0.15, 0.2) is 0 Å². The molecule has 19 heavy (non-hydrogen) atoms. The van der Waals surface area contributed by atoms with E-state index in [0.29, 0.717) is 12.5 Å². The molecule has 2 N–H and O–H groups in total. The van der Waals surface area contributed by atoms with E-state index in [0.717, 1.165) is 37.3 Å². The summed E-state index contributed by atoms with van der Waals surface area (Å²) in [6, 6.07) is 0.412.